The second-order valence-electron chi connectivity index (χ2n) is 8.86. The number of nitrogens with one attached hydrogen (secondary N) is 2. The molecule has 2 N–H and O–H groups in total. The fourth-order valence-corrected chi connectivity index (χ4v) is 4.86. The van der Waals surface area contributed by atoms with E-state index in [4.69, 9.17) is 0 Å². The van der Waals surface area contributed by atoms with E-state index in [1.165, 1.54) is 11.3 Å². The molecule has 1 aliphatic carbocycles. The zero-order valence-corrected chi connectivity index (χ0v) is 20.7. The molecule has 0 aliphatic heterocycles. The molecule has 3 amide bonds. The summed E-state index contributed by atoms with van der Waals surface area (Å²) >= 11 is 0. The van der Waals surface area contributed by atoms with E-state index >= 15 is 0 Å². The Bertz CT molecular complexity index is 1020. The van der Waals surface area contributed by atoms with Crippen molar-refractivity contribution in [2.75, 3.05) is 28.3 Å². The molecule has 0 spiro atoms. The van der Waals surface area contributed by atoms with Crippen molar-refractivity contribution < 1.29 is 18.6 Å². The Morgan fingerprint density at radius 2 is 1.44 bits per heavy atom. The van der Waals surface area contributed by atoms with Crippen LogP contribution in [0.2, 0.25) is 0 Å². The van der Waals surface area contributed by atoms with Crippen LogP contribution in [0, 0.1) is 13.8 Å². The lowest BCUT2D eigenvalue weighted by molar-refractivity contribution is -0.123. The van der Waals surface area contributed by atoms with Crippen molar-refractivity contribution in [2.24, 2.45) is 0 Å². The molecule has 2 aromatic carbocycles. The van der Waals surface area contributed by atoms with Crippen LogP contribution in [-0.2, 0) is 25.2 Å². The van der Waals surface area contributed by atoms with Crippen molar-refractivity contribution in [3.05, 3.63) is 59.7 Å². The Morgan fingerprint density at radius 1 is 0.853 bits per heavy atom. The molecule has 7 nitrogen and oxygen atoms in total. The molecule has 182 valence electrons. The van der Waals surface area contributed by atoms with Crippen LogP contribution in [0.1, 0.15) is 43.2 Å². The van der Waals surface area contributed by atoms with Crippen LogP contribution < -0.4 is 15.5 Å². The van der Waals surface area contributed by atoms with E-state index in [0.717, 1.165) is 36.8 Å². The van der Waals surface area contributed by atoms with Crippen molar-refractivity contribution in [1.82, 2.24) is 5.32 Å². The first-order valence-electron chi connectivity index (χ1n) is 11.7. The monoisotopic (exact) mass is 483 g/mol. The predicted molar refractivity (Wildman–Crippen MR) is 136 cm³/mol. The molecule has 1 aliphatic rings. The van der Waals surface area contributed by atoms with Crippen LogP contribution in [0.5, 0.6) is 0 Å². The predicted octanol–water partition coefficient (Wildman–Crippen LogP) is 3.47. The zero-order valence-electron chi connectivity index (χ0n) is 19.8. The average Bonchev–Trinajstić information content (AvgIpc) is 2.80. The summed E-state index contributed by atoms with van der Waals surface area (Å²) in [6.07, 6.45) is 5.27. The van der Waals surface area contributed by atoms with E-state index in [9.17, 15) is 18.6 Å². The Balaban J connectivity index is 1.61. The second-order valence-corrected chi connectivity index (χ2v) is 10.3. The van der Waals surface area contributed by atoms with Gasteiger partial charge in [-0.1, -0.05) is 54.7 Å². The van der Waals surface area contributed by atoms with Gasteiger partial charge in [0.2, 0.25) is 17.7 Å². The first-order chi connectivity index (χ1) is 16.3. The molecule has 0 heterocycles. The minimum Gasteiger partial charge on any atom is -0.352 e. The second kappa shape index (κ2) is 12.5. The summed E-state index contributed by atoms with van der Waals surface area (Å²) in [5.74, 6) is -1.75. The summed E-state index contributed by atoms with van der Waals surface area (Å²) < 4.78 is 12.6. The van der Waals surface area contributed by atoms with Crippen LogP contribution in [-0.4, -0.2) is 46.0 Å². The van der Waals surface area contributed by atoms with E-state index in [-0.39, 0.29) is 30.0 Å². The number of nitrogens with zero attached hydrogens (tertiary/aromatic N) is 1. The fraction of sp³-hybridized carbons (Fsp3) is 0.423. The molecule has 1 saturated carbocycles. The summed E-state index contributed by atoms with van der Waals surface area (Å²) in [7, 11) is -1.71. The number of rotatable bonds is 9. The Hall–Kier alpha value is -3.00. The first kappa shape index (κ1) is 25.6. The molecule has 1 fully saturated rings. The summed E-state index contributed by atoms with van der Waals surface area (Å²) in [6, 6.07) is 14.7. The lowest BCUT2D eigenvalue weighted by Crippen LogP contribution is -2.46. The largest absolute Gasteiger partial charge is 0.352 e. The number of carbonyl (C=O) groups is 3. The standard InChI is InChI=1S/C26H33N3O4S/c1-19-8-12-22(13-9-19)28-25(31)17-34(33)18-26(32)29(23-14-10-20(2)11-15-23)16-24(30)27-21-6-4-3-5-7-21/h8-15,21H,3-7,16-18H2,1-2H3,(H,27,30)(H,28,31). The topological polar surface area (TPSA) is 95.6 Å². The van der Waals surface area contributed by atoms with Gasteiger partial charge in [-0.05, 0) is 51.0 Å². The number of aryl methyl sites for hydroxylation is 2. The van der Waals surface area contributed by atoms with Gasteiger partial charge in [0, 0.05) is 28.2 Å². The molecule has 34 heavy (non-hydrogen) atoms. The van der Waals surface area contributed by atoms with Crippen LogP contribution >= 0.6 is 0 Å². The number of hydrogen-bond acceptors (Lipinski definition) is 4. The molecular weight excluding hydrogens is 450 g/mol. The van der Waals surface area contributed by atoms with E-state index < -0.39 is 22.6 Å². The van der Waals surface area contributed by atoms with Gasteiger partial charge in [-0.2, -0.15) is 0 Å². The summed E-state index contributed by atoms with van der Waals surface area (Å²) in [5, 5.41) is 5.73. The van der Waals surface area contributed by atoms with Gasteiger partial charge in [-0.15, -0.1) is 0 Å². The van der Waals surface area contributed by atoms with Gasteiger partial charge in [0.25, 0.3) is 0 Å². The molecule has 1 atom stereocenters. The maximum atomic E-state index is 13.1. The highest BCUT2D eigenvalue weighted by Crippen LogP contribution is 2.19. The number of carbonyl (C=O) groups excluding carboxylic acids is 3. The van der Waals surface area contributed by atoms with Gasteiger partial charge in [-0.25, -0.2) is 0 Å². The minimum atomic E-state index is -1.71. The van der Waals surface area contributed by atoms with Crippen molar-refractivity contribution in [3.8, 4) is 0 Å². The van der Waals surface area contributed by atoms with Crippen LogP contribution in [0.4, 0.5) is 11.4 Å². The molecule has 0 bridgehead atoms. The molecule has 0 radical (unpaired) electrons. The van der Waals surface area contributed by atoms with E-state index in [0.29, 0.717) is 11.4 Å². The highest BCUT2D eigenvalue weighted by atomic mass is 32.2. The van der Waals surface area contributed by atoms with Crippen LogP contribution in [0.3, 0.4) is 0 Å². The van der Waals surface area contributed by atoms with Gasteiger partial charge in [-0.3, -0.25) is 18.6 Å². The molecule has 0 saturated heterocycles. The third-order valence-electron chi connectivity index (χ3n) is 5.83. The lowest BCUT2D eigenvalue weighted by Gasteiger charge is -2.26. The summed E-state index contributed by atoms with van der Waals surface area (Å²) in [6.45, 7) is 3.74. The maximum absolute atomic E-state index is 13.1. The minimum absolute atomic E-state index is 0.135. The Morgan fingerprint density at radius 3 is 2.06 bits per heavy atom. The third-order valence-corrected chi connectivity index (χ3v) is 6.98. The molecule has 3 rings (SSSR count). The number of hydrogen-bond donors (Lipinski definition) is 2. The van der Waals surface area contributed by atoms with Gasteiger partial charge < -0.3 is 15.5 Å². The highest BCUT2D eigenvalue weighted by Gasteiger charge is 2.24. The maximum Gasteiger partial charge on any atom is 0.240 e. The molecule has 2 aromatic rings. The fourth-order valence-electron chi connectivity index (χ4n) is 3.96. The van der Waals surface area contributed by atoms with E-state index in [1.54, 1.807) is 24.3 Å². The molecule has 0 aromatic heterocycles. The number of benzene rings is 2. The van der Waals surface area contributed by atoms with Gasteiger partial charge in [0.1, 0.15) is 18.1 Å². The third kappa shape index (κ3) is 8.09. The Kier molecular flexibility index (Phi) is 9.39. The van der Waals surface area contributed by atoms with Gasteiger partial charge in [0.15, 0.2) is 0 Å². The van der Waals surface area contributed by atoms with Crippen LogP contribution in [0.15, 0.2) is 48.5 Å². The summed E-state index contributed by atoms with van der Waals surface area (Å²) in [5.41, 5.74) is 3.27. The normalized spacial score (nSPS) is 14.8. The first-order valence-corrected chi connectivity index (χ1v) is 13.2. The number of amides is 3. The SMILES string of the molecule is Cc1ccc(NC(=O)CS(=O)CC(=O)N(CC(=O)NC2CCCCC2)c2ccc(C)cc2)cc1. The Labute approximate surface area is 203 Å². The average molecular weight is 484 g/mol. The van der Waals surface area contributed by atoms with E-state index in [1.807, 2.05) is 38.1 Å². The highest BCUT2D eigenvalue weighted by molar-refractivity contribution is 7.86. The van der Waals surface area contributed by atoms with Crippen molar-refractivity contribution in [2.45, 2.75) is 52.0 Å². The lowest BCUT2D eigenvalue weighted by atomic mass is 9.95. The van der Waals surface area contributed by atoms with E-state index in [2.05, 4.69) is 10.6 Å². The van der Waals surface area contributed by atoms with Gasteiger partial charge in [0.05, 0.1) is 0 Å². The number of anilines is 2. The molecule has 1 unspecified atom stereocenters. The molecule has 8 heteroatoms. The zero-order chi connectivity index (χ0) is 24.5. The van der Waals surface area contributed by atoms with Crippen LogP contribution in [0.25, 0.3) is 0 Å². The van der Waals surface area contributed by atoms with Crippen molar-refractivity contribution in [3.63, 3.8) is 0 Å². The van der Waals surface area contributed by atoms with Gasteiger partial charge >= 0.3 is 0 Å². The van der Waals surface area contributed by atoms with Crippen molar-refractivity contribution in [1.29, 1.82) is 0 Å². The molecular formula is C26H33N3O4S. The smallest absolute Gasteiger partial charge is 0.240 e. The summed E-state index contributed by atoms with van der Waals surface area (Å²) in [4.78, 5) is 39.4. The van der Waals surface area contributed by atoms with Crippen molar-refractivity contribution >= 4 is 39.9 Å². The quantitative estimate of drug-likeness (QED) is 0.571.